The van der Waals surface area contributed by atoms with Crippen LogP contribution in [0.5, 0.6) is 5.75 Å². The van der Waals surface area contributed by atoms with Gasteiger partial charge in [-0.25, -0.2) is 4.98 Å². The van der Waals surface area contributed by atoms with Gasteiger partial charge in [0, 0.05) is 6.61 Å². The summed E-state index contributed by atoms with van der Waals surface area (Å²) in [6.45, 7) is 3.35. The maximum absolute atomic E-state index is 13.2. The molecule has 3 aromatic rings. The van der Waals surface area contributed by atoms with Crippen molar-refractivity contribution in [1.29, 1.82) is 0 Å². The lowest BCUT2D eigenvalue weighted by Crippen LogP contribution is -2.38. The van der Waals surface area contributed by atoms with Gasteiger partial charge in [-0.2, -0.15) is 0 Å². The lowest BCUT2D eigenvalue weighted by molar-refractivity contribution is -0.118. The topological polar surface area (TPSA) is 51.7 Å². The van der Waals surface area contributed by atoms with E-state index in [-0.39, 0.29) is 12.0 Å². The van der Waals surface area contributed by atoms with E-state index in [0.717, 1.165) is 46.5 Å². The summed E-state index contributed by atoms with van der Waals surface area (Å²) in [6, 6.07) is 13.8. The number of aryl methyl sites for hydroxylation is 1. The van der Waals surface area contributed by atoms with E-state index in [1.165, 1.54) is 0 Å². The zero-order chi connectivity index (χ0) is 19.5. The second-order valence-corrected chi connectivity index (χ2v) is 8.04. The molecular formula is C22H24N2O3S. The van der Waals surface area contributed by atoms with Crippen LogP contribution in [0, 0.1) is 6.92 Å². The molecule has 1 amide bonds. The van der Waals surface area contributed by atoms with Gasteiger partial charge in [0.2, 0.25) is 5.91 Å². The number of ether oxygens (including phenoxy) is 2. The van der Waals surface area contributed by atoms with Crippen LogP contribution in [-0.2, 0) is 16.0 Å². The number of thiazole rings is 1. The number of carbonyl (C=O) groups is 1. The molecule has 6 heteroatoms. The highest BCUT2D eigenvalue weighted by molar-refractivity contribution is 7.22. The second kappa shape index (κ2) is 8.29. The Balaban J connectivity index is 1.69. The van der Waals surface area contributed by atoms with Crippen molar-refractivity contribution in [2.45, 2.75) is 32.3 Å². The minimum atomic E-state index is 0.0392. The zero-order valence-electron chi connectivity index (χ0n) is 16.2. The smallest absolute Gasteiger partial charge is 0.233 e. The van der Waals surface area contributed by atoms with Crippen LogP contribution in [0.4, 0.5) is 5.13 Å². The third-order valence-corrected chi connectivity index (χ3v) is 6.27. The summed E-state index contributed by atoms with van der Waals surface area (Å²) < 4.78 is 12.3. The van der Waals surface area contributed by atoms with Gasteiger partial charge in [-0.15, -0.1) is 0 Å². The summed E-state index contributed by atoms with van der Waals surface area (Å²) in [6.07, 6.45) is 2.43. The van der Waals surface area contributed by atoms with E-state index < -0.39 is 0 Å². The van der Waals surface area contributed by atoms with E-state index in [1.54, 1.807) is 23.3 Å². The number of hydrogen-bond donors (Lipinski definition) is 0. The molecule has 0 aliphatic carbocycles. The molecule has 0 saturated carbocycles. The SMILES string of the molecule is COc1ccc(C)c2sc(N(CC3CCCO3)C(=O)Cc3ccccc3)nc12. The summed E-state index contributed by atoms with van der Waals surface area (Å²) in [5, 5.41) is 0.707. The van der Waals surface area contributed by atoms with E-state index in [1.807, 2.05) is 42.5 Å². The molecule has 0 N–H and O–H groups in total. The fourth-order valence-corrected chi connectivity index (χ4v) is 4.60. The van der Waals surface area contributed by atoms with Gasteiger partial charge in [0.25, 0.3) is 0 Å². The molecule has 0 radical (unpaired) electrons. The molecule has 1 aliphatic rings. The highest BCUT2D eigenvalue weighted by Gasteiger charge is 2.27. The van der Waals surface area contributed by atoms with Gasteiger partial charge in [0.05, 0.1) is 30.9 Å². The van der Waals surface area contributed by atoms with Crippen LogP contribution in [0.25, 0.3) is 10.2 Å². The van der Waals surface area contributed by atoms with E-state index in [0.29, 0.717) is 18.1 Å². The van der Waals surface area contributed by atoms with Crippen molar-refractivity contribution in [2.75, 3.05) is 25.2 Å². The Hall–Kier alpha value is -2.44. The molecule has 2 heterocycles. The van der Waals surface area contributed by atoms with Gasteiger partial charge in [-0.05, 0) is 37.0 Å². The van der Waals surface area contributed by atoms with Crippen LogP contribution in [0.1, 0.15) is 24.0 Å². The predicted molar refractivity (Wildman–Crippen MR) is 112 cm³/mol. The number of hydrogen-bond acceptors (Lipinski definition) is 5. The van der Waals surface area contributed by atoms with Gasteiger partial charge in [0.1, 0.15) is 11.3 Å². The number of carbonyl (C=O) groups excluding carboxylic acids is 1. The number of amides is 1. The third kappa shape index (κ3) is 3.88. The average molecular weight is 397 g/mol. The summed E-state index contributed by atoms with van der Waals surface area (Å²) in [7, 11) is 1.65. The van der Waals surface area contributed by atoms with Gasteiger partial charge < -0.3 is 9.47 Å². The Bertz CT molecular complexity index is 965. The minimum Gasteiger partial charge on any atom is -0.494 e. The maximum atomic E-state index is 13.2. The van der Waals surface area contributed by atoms with Crippen molar-refractivity contribution >= 4 is 32.6 Å². The maximum Gasteiger partial charge on any atom is 0.233 e. The van der Waals surface area contributed by atoms with Crippen LogP contribution in [-0.4, -0.2) is 37.3 Å². The quantitative estimate of drug-likeness (QED) is 0.621. The Morgan fingerprint density at radius 3 is 2.82 bits per heavy atom. The molecule has 0 bridgehead atoms. The molecule has 2 aromatic carbocycles. The number of anilines is 1. The standard InChI is InChI=1S/C22H24N2O3S/c1-15-10-11-18(26-2)20-21(15)28-22(23-20)24(14-17-9-6-12-27-17)19(25)13-16-7-4-3-5-8-16/h3-5,7-8,10-11,17H,6,9,12-14H2,1-2H3. The van der Waals surface area contributed by atoms with E-state index in [9.17, 15) is 4.79 Å². The lowest BCUT2D eigenvalue weighted by atomic mass is 10.1. The fourth-order valence-electron chi connectivity index (χ4n) is 3.52. The fraction of sp³-hybridized carbons (Fsp3) is 0.364. The number of rotatable bonds is 6. The first kappa shape index (κ1) is 18.9. The van der Waals surface area contributed by atoms with Crippen molar-refractivity contribution < 1.29 is 14.3 Å². The van der Waals surface area contributed by atoms with E-state index in [4.69, 9.17) is 14.5 Å². The number of methoxy groups -OCH3 is 1. The largest absolute Gasteiger partial charge is 0.494 e. The molecule has 1 fully saturated rings. The molecule has 1 unspecified atom stereocenters. The third-order valence-electron chi connectivity index (χ3n) is 5.05. The normalized spacial score (nSPS) is 16.4. The van der Waals surface area contributed by atoms with Gasteiger partial charge in [-0.1, -0.05) is 47.7 Å². The minimum absolute atomic E-state index is 0.0392. The molecule has 1 saturated heterocycles. The molecule has 4 rings (SSSR count). The van der Waals surface area contributed by atoms with Gasteiger partial charge in [0.15, 0.2) is 5.13 Å². The van der Waals surface area contributed by atoms with Crippen molar-refractivity contribution in [3.05, 3.63) is 53.6 Å². The van der Waals surface area contributed by atoms with Gasteiger partial charge in [-0.3, -0.25) is 9.69 Å². The number of fused-ring (bicyclic) bond motifs is 1. The number of aromatic nitrogens is 1. The van der Waals surface area contributed by atoms with Crippen molar-refractivity contribution in [2.24, 2.45) is 0 Å². The Morgan fingerprint density at radius 2 is 2.11 bits per heavy atom. The first-order valence-corrected chi connectivity index (χ1v) is 10.4. The first-order chi connectivity index (χ1) is 13.7. The van der Waals surface area contributed by atoms with Crippen LogP contribution in [0.15, 0.2) is 42.5 Å². The molecule has 28 heavy (non-hydrogen) atoms. The van der Waals surface area contributed by atoms with Crippen molar-refractivity contribution in [3.8, 4) is 5.75 Å². The molecule has 1 aromatic heterocycles. The zero-order valence-corrected chi connectivity index (χ0v) is 17.0. The van der Waals surface area contributed by atoms with E-state index in [2.05, 4.69) is 6.92 Å². The Kier molecular flexibility index (Phi) is 5.59. The molecule has 146 valence electrons. The number of nitrogens with zero attached hydrogens (tertiary/aromatic N) is 2. The summed E-state index contributed by atoms with van der Waals surface area (Å²) in [4.78, 5) is 19.8. The molecule has 1 atom stereocenters. The molecular weight excluding hydrogens is 372 g/mol. The summed E-state index contributed by atoms with van der Waals surface area (Å²) in [5.41, 5.74) is 2.94. The highest BCUT2D eigenvalue weighted by Crippen LogP contribution is 2.37. The van der Waals surface area contributed by atoms with E-state index >= 15 is 0 Å². The molecule has 0 spiro atoms. The van der Waals surface area contributed by atoms with Crippen LogP contribution >= 0.6 is 11.3 Å². The van der Waals surface area contributed by atoms with Gasteiger partial charge >= 0.3 is 0 Å². The Labute approximate surface area is 168 Å². The van der Waals surface area contributed by atoms with Crippen molar-refractivity contribution in [3.63, 3.8) is 0 Å². The van der Waals surface area contributed by atoms with Crippen LogP contribution in [0.3, 0.4) is 0 Å². The summed E-state index contributed by atoms with van der Waals surface area (Å²) in [5.74, 6) is 0.771. The average Bonchev–Trinajstić information content (AvgIpc) is 3.37. The lowest BCUT2D eigenvalue weighted by Gasteiger charge is -2.23. The monoisotopic (exact) mass is 396 g/mol. The predicted octanol–water partition coefficient (Wildman–Crippen LogP) is 4.37. The second-order valence-electron chi connectivity index (χ2n) is 7.06. The van der Waals surface area contributed by atoms with Crippen LogP contribution in [0.2, 0.25) is 0 Å². The number of benzene rings is 2. The van der Waals surface area contributed by atoms with Crippen molar-refractivity contribution in [1.82, 2.24) is 4.98 Å². The molecule has 1 aliphatic heterocycles. The van der Waals surface area contributed by atoms with Crippen LogP contribution < -0.4 is 9.64 Å². The first-order valence-electron chi connectivity index (χ1n) is 9.55. The summed E-state index contributed by atoms with van der Waals surface area (Å²) >= 11 is 1.54. The molecule has 5 nitrogen and oxygen atoms in total. The Morgan fingerprint density at radius 1 is 1.29 bits per heavy atom. The highest BCUT2D eigenvalue weighted by atomic mass is 32.1.